The molecule has 7 heteroatoms. The quantitative estimate of drug-likeness (QED) is 0.311. The third-order valence-corrected chi connectivity index (χ3v) is 3.01. The third kappa shape index (κ3) is 3.09. The van der Waals surface area contributed by atoms with E-state index < -0.39 is 11.8 Å². The van der Waals surface area contributed by atoms with E-state index in [-0.39, 0.29) is 0 Å². The number of halogens is 1. The molecule has 0 atom stereocenters. The summed E-state index contributed by atoms with van der Waals surface area (Å²) in [6, 6.07) is 3.73. The van der Waals surface area contributed by atoms with Gasteiger partial charge in [0.2, 0.25) is 0 Å². The zero-order valence-corrected chi connectivity index (χ0v) is 9.44. The van der Waals surface area contributed by atoms with Gasteiger partial charge in [-0.25, -0.2) is 5.84 Å². The van der Waals surface area contributed by atoms with Crippen molar-refractivity contribution in [1.82, 2.24) is 10.7 Å². The maximum atomic E-state index is 10.9. The Hall–Kier alpha value is -0.920. The number of hydrazine groups is 1. The van der Waals surface area contributed by atoms with Gasteiger partial charge in [0.15, 0.2) is 0 Å². The first-order chi connectivity index (χ1) is 6.63. The van der Waals surface area contributed by atoms with E-state index in [0.717, 1.165) is 8.66 Å². The molecule has 1 heterocycles. The van der Waals surface area contributed by atoms with Crippen LogP contribution in [0.2, 0.25) is 0 Å². The molecule has 0 saturated carbocycles. The molecule has 1 aromatic rings. The van der Waals surface area contributed by atoms with Crippen LogP contribution >= 0.6 is 27.3 Å². The van der Waals surface area contributed by atoms with Crippen molar-refractivity contribution >= 4 is 39.1 Å². The fraction of sp³-hybridized carbons (Fsp3) is 0.143. The van der Waals surface area contributed by atoms with Gasteiger partial charge in [-0.05, 0) is 28.1 Å². The topological polar surface area (TPSA) is 84.2 Å². The van der Waals surface area contributed by atoms with E-state index in [0.29, 0.717) is 6.54 Å². The van der Waals surface area contributed by atoms with Gasteiger partial charge < -0.3 is 5.32 Å². The van der Waals surface area contributed by atoms with E-state index in [1.165, 1.54) is 11.3 Å². The molecular weight excluding hydrogens is 270 g/mol. The van der Waals surface area contributed by atoms with Crippen molar-refractivity contribution in [1.29, 1.82) is 0 Å². The molecule has 0 radical (unpaired) electrons. The molecule has 0 aromatic carbocycles. The summed E-state index contributed by atoms with van der Waals surface area (Å²) < 4.78 is 0.977. The van der Waals surface area contributed by atoms with Gasteiger partial charge in [0.05, 0.1) is 10.3 Å². The van der Waals surface area contributed by atoms with Gasteiger partial charge >= 0.3 is 11.8 Å². The summed E-state index contributed by atoms with van der Waals surface area (Å²) in [4.78, 5) is 22.6. The van der Waals surface area contributed by atoms with Gasteiger partial charge in [0.1, 0.15) is 0 Å². The predicted molar refractivity (Wildman–Crippen MR) is 56.2 cm³/mol. The van der Waals surface area contributed by atoms with E-state index in [2.05, 4.69) is 21.2 Å². The van der Waals surface area contributed by atoms with Gasteiger partial charge in [-0.1, -0.05) is 0 Å². The summed E-state index contributed by atoms with van der Waals surface area (Å²) in [5, 5.41) is 2.42. The van der Waals surface area contributed by atoms with Crippen LogP contribution in [0.5, 0.6) is 0 Å². The van der Waals surface area contributed by atoms with Crippen molar-refractivity contribution in [3.05, 3.63) is 20.8 Å². The van der Waals surface area contributed by atoms with Crippen molar-refractivity contribution in [3.63, 3.8) is 0 Å². The Kier molecular flexibility index (Phi) is 4.05. The molecule has 14 heavy (non-hydrogen) atoms. The minimum atomic E-state index is -0.847. The van der Waals surface area contributed by atoms with Crippen molar-refractivity contribution in [2.24, 2.45) is 5.84 Å². The number of hydrogen-bond acceptors (Lipinski definition) is 4. The van der Waals surface area contributed by atoms with Crippen molar-refractivity contribution < 1.29 is 9.59 Å². The van der Waals surface area contributed by atoms with Crippen LogP contribution < -0.4 is 16.6 Å². The molecule has 2 amide bonds. The minimum absolute atomic E-state index is 0.322. The number of carbonyl (C=O) groups excluding carboxylic acids is 2. The maximum Gasteiger partial charge on any atom is 0.323 e. The first kappa shape index (κ1) is 11.2. The SMILES string of the molecule is NNC(=O)C(=O)NCc1ccc(Br)s1. The normalized spacial score (nSPS) is 9.57. The van der Waals surface area contributed by atoms with Crippen LogP contribution in [-0.4, -0.2) is 11.8 Å². The second-order valence-electron chi connectivity index (χ2n) is 2.36. The lowest BCUT2D eigenvalue weighted by Crippen LogP contribution is -2.42. The van der Waals surface area contributed by atoms with Gasteiger partial charge in [-0.3, -0.25) is 15.0 Å². The highest BCUT2D eigenvalue weighted by molar-refractivity contribution is 9.11. The summed E-state index contributed by atoms with van der Waals surface area (Å²) in [5.41, 5.74) is 1.75. The van der Waals surface area contributed by atoms with Gasteiger partial charge in [0, 0.05) is 4.88 Å². The van der Waals surface area contributed by atoms with Crippen LogP contribution in [0.4, 0.5) is 0 Å². The summed E-state index contributed by atoms with van der Waals surface area (Å²) in [7, 11) is 0. The summed E-state index contributed by atoms with van der Waals surface area (Å²) in [6.07, 6.45) is 0. The molecule has 0 aliphatic carbocycles. The lowest BCUT2D eigenvalue weighted by molar-refractivity contribution is -0.139. The maximum absolute atomic E-state index is 10.9. The Bertz CT molecular complexity index is 352. The van der Waals surface area contributed by atoms with Crippen molar-refractivity contribution in [2.75, 3.05) is 0 Å². The zero-order valence-electron chi connectivity index (χ0n) is 7.04. The number of thiophene rings is 1. The Labute approximate surface area is 92.8 Å². The van der Waals surface area contributed by atoms with Crippen LogP contribution in [0.3, 0.4) is 0 Å². The highest BCUT2D eigenvalue weighted by Crippen LogP contribution is 2.21. The first-order valence-corrected chi connectivity index (χ1v) is 5.27. The lowest BCUT2D eigenvalue weighted by atomic mass is 10.4. The molecule has 0 aliphatic rings. The van der Waals surface area contributed by atoms with Gasteiger partial charge in [-0.15, -0.1) is 11.3 Å². The van der Waals surface area contributed by atoms with E-state index >= 15 is 0 Å². The minimum Gasteiger partial charge on any atom is -0.343 e. The van der Waals surface area contributed by atoms with Crippen LogP contribution in [0, 0.1) is 0 Å². The van der Waals surface area contributed by atoms with E-state index in [1.807, 2.05) is 12.1 Å². The number of amides is 2. The predicted octanol–water partition coefficient (Wildman–Crippen LogP) is 0.117. The van der Waals surface area contributed by atoms with Gasteiger partial charge in [0.25, 0.3) is 0 Å². The van der Waals surface area contributed by atoms with E-state index in [1.54, 1.807) is 5.43 Å². The fourth-order valence-electron chi connectivity index (χ4n) is 0.760. The zero-order chi connectivity index (χ0) is 10.6. The summed E-state index contributed by atoms with van der Waals surface area (Å²) >= 11 is 4.78. The molecule has 1 aromatic heterocycles. The van der Waals surface area contributed by atoms with E-state index in [4.69, 9.17) is 5.84 Å². The van der Waals surface area contributed by atoms with Gasteiger partial charge in [-0.2, -0.15) is 0 Å². The molecule has 0 unspecified atom stereocenters. The van der Waals surface area contributed by atoms with Crippen molar-refractivity contribution in [3.8, 4) is 0 Å². The number of carbonyl (C=O) groups is 2. The largest absolute Gasteiger partial charge is 0.343 e. The van der Waals surface area contributed by atoms with Crippen molar-refractivity contribution in [2.45, 2.75) is 6.54 Å². The van der Waals surface area contributed by atoms with Crippen LogP contribution in [0.1, 0.15) is 4.88 Å². The molecular formula is C7H8BrN3O2S. The molecule has 1 rings (SSSR count). The molecule has 76 valence electrons. The monoisotopic (exact) mass is 277 g/mol. The average Bonchev–Trinajstić information content (AvgIpc) is 2.59. The number of rotatable bonds is 2. The fourth-order valence-corrected chi connectivity index (χ4v) is 2.18. The first-order valence-electron chi connectivity index (χ1n) is 3.66. The van der Waals surface area contributed by atoms with Crippen LogP contribution in [-0.2, 0) is 16.1 Å². The molecule has 4 N–H and O–H groups in total. The Morgan fingerprint density at radius 2 is 2.14 bits per heavy atom. The molecule has 0 spiro atoms. The molecule has 0 bridgehead atoms. The standard InChI is InChI=1S/C7H8BrN3O2S/c8-5-2-1-4(14-5)3-10-6(12)7(13)11-9/h1-2H,3,9H2,(H,10,12)(H,11,13). The molecule has 0 fully saturated rings. The highest BCUT2D eigenvalue weighted by atomic mass is 79.9. The second-order valence-corrected chi connectivity index (χ2v) is 4.91. The number of hydrogen-bond donors (Lipinski definition) is 3. The highest BCUT2D eigenvalue weighted by Gasteiger charge is 2.10. The molecule has 0 aliphatic heterocycles. The number of nitrogens with two attached hydrogens (primary N) is 1. The molecule has 5 nitrogen and oxygen atoms in total. The average molecular weight is 278 g/mol. The Morgan fingerprint density at radius 1 is 1.43 bits per heavy atom. The smallest absolute Gasteiger partial charge is 0.323 e. The third-order valence-electron chi connectivity index (χ3n) is 1.39. The summed E-state index contributed by atoms with van der Waals surface area (Å²) in [6.45, 7) is 0.322. The Balaban J connectivity index is 2.41. The number of nitrogens with one attached hydrogen (secondary N) is 2. The summed E-state index contributed by atoms with van der Waals surface area (Å²) in [5.74, 6) is 3.20. The molecule has 0 saturated heterocycles. The van der Waals surface area contributed by atoms with Crippen LogP contribution in [0.25, 0.3) is 0 Å². The Morgan fingerprint density at radius 3 is 2.64 bits per heavy atom. The van der Waals surface area contributed by atoms with Crippen LogP contribution in [0.15, 0.2) is 15.9 Å². The second kappa shape index (κ2) is 5.08. The lowest BCUT2D eigenvalue weighted by Gasteiger charge is -2.00. The van der Waals surface area contributed by atoms with E-state index in [9.17, 15) is 9.59 Å².